The number of ketones is 1. The van der Waals surface area contributed by atoms with Crippen LogP contribution in [0.3, 0.4) is 0 Å². The predicted octanol–water partition coefficient (Wildman–Crippen LogP) is 3.67. The maximum atomic E-state index is 13.5. The summed E-state index contributed by atoms with van der Waals surface area (Å²) in [5.41, 5.74) is 0.789. The summed E-state index contributed by atoms with van der Waals surface area (Å²) < 4.78 is 5.47. The second-order valence-corrected chi connectivity index (χ2v) is 9.46. The number of allylic oxidation sites excluding steroid dienone is 2. The zero-order valence-electron chi connectivity index (χ0n) is 18.1. The first-order chi connectivity index (χ1) is 16.0. The molecule has 0 N–H and O–H groups in total. The van der Waals surface area contributed by atoms with Gasteiger partial charge >= 0.3 is 5.97 Å². The number of Topliss-reactive ketones (excluding diaryl/α,β-unsaturated/α-hetero) is 1. The second kappa shape index (κ2) is 7.24. The third-order valence-electron chi connectivity index (χ3n) is 7.74. The molecule has 0 spiro atoms. The molecule has 0 radical (unpaired) electrons. The van der Waals surface area contributed by atoms with E-state index in [0.29, 0.717) is 17.4 Å². The SMILES string of the molecule is C[C@H](OC(=O)c1ccccc1N1C(=O)[C@@H]2[C@H]3C=C[C@@H]([C@@H]4C[C@@H]34)[C@H]2C1=O)C(=O)c1ccccc1. The molecular formula is C27H23NO5. The summed E-state index contributed by atoms with van der Waals surface area (Å²) in [6.45, 7) is 1.52. The van der Waals surface area contributed by atoms with Crippen LogP contribution in [-0.2, 0) is 14.3 Å². The van der Waals surface area contributed by atoms with Gasteiger partial charge in [-0.3, -0.25) is 14.4 Å². The van der Waals surface area contributed by atoms with Crippen LogP contribution in [-0.4, -0.2) is 29.7 Å². The van der Waals surface area contributed by atoms with Crippen LogP contribution in [0.25, 0.3) is 0 Å². The second-order valence-electron chi connectivity index (χ2n) is 9.46. The van der Waals surface area contributed by atoms with E-state index in [0.717, 1.165) is 6.42 Å². The van der Waals surface area contributed by atoms with Crippen molar-refractivity contribution in [2.75, 3.05) is 4.90 Å². The van der Waals surface area contributed by atoms with Gasteiger partial charge in [-0.05, 0) is 49.1 Å². The van der Waals surface area contributed by atoms with Gasteiger partial charge in [0, 0.05) is 5.56 Å². The molecular weight excluding hydrogens is 418 g/mol. The molecule has 6 nitrogen and oxygen atoms in total. The number of carbonyl (C=O) groups is 4. The Morgan fingerprint density at radius 2 is 1.45 bits per heavy atom. The minimum atomic E-state index is -1.01. The molecule has 2 saturated carbocycles. The standard InChI is InChI=1S/C27H23NO5/c1-14(24(29)15-7-3-2-4-8-15)33-27(32)18-9-5-6-10-21(18)28-25(30)22-16-11-12-17(20-13-19(16)20)23(22)26(28)31/h2-12,14,16-17,19-20,22-23H,13H2,1H3/t14-,16-,17-,19-,20-,22+,23+/m0/s1. The fourth-order valence-electron chi connectivity index (χ4n) is 6.15. The number of carbonyl (C=O) groups excluding carboxylic acids is 4. The van der Waals surface area contributed by atoms with Gasteiger partial charge in [0.2, 0.25) is 17.6 Å². The lowest BCUT2D eigenvalue weighted by Crippen LogP contribution is -2.40. The lowest BCUT2D eigenvalue weighted by atomic mass is 9.63. The number of benzene rings is 2. The molecule has 6 heteroatoms. The quantitative estimate of drug-likeness (QED) is 0.306. The minimum absolute atomic E-state index is 0.106. The van der Waals surface area contributed by atoms with E-state index in [4.69, 9.17) is 4.74 Å². The van der Waals surface area contributed by atoms with E-state index in [-0.39, 0.29) is 52.5 Å². The van der Waals surface area contributed by atoms with Gasteiger partial charge in [0.1, 0.15) is 0 Å². The first kappa shape index (κ1) is 20.1. The zero-order chi connectivity index (χ0) is 22.9. The van der Waals surface area contributed by atoms with E-state index < -0.39 is 12.1 Å². The Balaban J connectivity index is 1.27. The van der Waals surface area contributed by atoms with Crippen molar-refractivity contribution in [3.63, 3.8) is 0 Å². The third kappa shape index (κ3) is 2.93. The van der Waals surface area contributed by atoms with Crippen LogP contribution in [0.5, 0.6) is 0 Å². The molecule has 1 heterocycles. The van der Waals surface area contributed by atoms with Crippen molar-refractivity contribution in [3.05, 3.63) is 77.9 Å². The number of ether oxygens (including phenoxy) is 1. The molecule has 166 valence electrons. The van der Waals surface area contributed by atoms with Gasteiger partial charge < -0.3 is 4.74 Å². The van der Waals surface area contributed by atoms with Crippen molar-refractivity contribution >= 4 is 29.3 Å². The highest BCUT2D eigenvalue weighted by Crippen LogP contribution is 2.65. The third-order valence-corrected chi connectivity index (χ3v) is 7.74. The van der Waals surface area contributed by atoms with Crippen LogP contribution >= 0.6 is 0 Å². The van der Waals surface area contributed by atoms with E-state index in [1.54, 1.807) is 48.5 Å². The summed E-state index contributed by atoms with van der Waals surface area (Å²) in [5.74, 6) is -0.997. The normalized spacial score (nSPS) is 31.7. The van der Waals surface area contributed by atoms with Gasteiger partial charge in [-0.25, -0.2) is 9.69 Å². The number of nitrogens with zero attached hydrogens (tertiary/aromatic N) is 1. The maximum Gasteiger partial charge on any atom is 0.340 e. The van der Waals surface area contributed by atoms with Crippen molar-refractivity contribution in [1.29, 1.82) is 0 Å². The fraction of sp³-hybridized carbons (Fsp3) is 0.333. The summed E-state index contributed by atoms with van der Waals surface area (Å²) in [5, 5.41) is 0. The Morgan fingerprint density at radius 3 is 2.09 bits per heavy atom. The largest absolute Gasteiger partial charge is 0.451 e. The maximum absolute atomic E-state index is 13.5. The van der Waals surface area contributed by atoms with Crippen LogP contribution in [0.1, 0.15) is 34.1 Å². The van der Waals surface area contributed by atoms with Crippen molar-refractivity contribution in [2.45, 2.75) is 19.4 Å². The van der Waals surface area contributed by atoms with Crippen molar-refractivity contribution < 1.29 is 23.9 Å². The number of hydrogen-bond donors (Lipinski definition) is 0. The lowest BCUT2D eigenvalue weighted by Gasteiger charge is -2.37. The number of esters is 1. The monoisotopic (exact) mass is 441 g/mol. The van der Waals surface area contributed by atoms with Gasteiger partial charge in [-0.15, -0.1) is 0 Å². The smallest absolute Gasteiger partial charge is 0.340 e. The Kier molecular flexibility index (Phi) is 4.41. The number of rotatable bonds is 5. The van der Waals surface area contributed by atoms with E-state index >= 15 is 0 Å². The van der Waals surface area contributed by atoms with Crippen LogP contribution < -0.4 is 4.90 Å². The molecule has 5 aliphatic rings. The van der Waals surface area contributed by atoms with E-state index in [1.807, 2.05) is 0 Å². The zero-order valence-corrected chi connectivity index (χ0v) is 18.1. The average Bonchev–Trinajstić information content (AvgIpc) is 3.62. The van der Waals surface area contributed by atoms with Crippen LogP contribution in [0.2, 0.25) is 0 Å². The van der Waals surface area contributed by atoms with Gasteiger partial charge in [0.25, 0.3) is 0 Å². The van der Waals surface area contributed by atoms with E-state index in [9.17, 15) is 19.2 Å². The van der Waals surface area contributed by atoms with Gasteiger partial charge in [0.15, 0.2) is 6.10 Å². The lowest BCUT2D eigenvalue weighted by molar-refractivity contribution is -0.124. The highest BCUT2D eigenvalue weighted by atomic mass is 16.5. The molecule has 2 amide bonds. The first-order valence-corrected chi connectivity index (χ1v) is 11.4. The average molecular weight is 441 g/mol. The molecule has 0 aromatic heterocycles. The summed E-state index contributed by atoms with van der Waals surface area (Å²) in [4.78, 5) is 53.8. The number of anilines is 1. The molecule has 7 rings (SSSR count). The van der Waals surface area contributed by atoms with Crippen LogP contribution in [0, 0.1) is 35.5 Å². The Bertz CT molecular complexity index is 1180. The Hall–Kier alpha value is -3.54. The number of hydrogen-bond acceptors (Lipinski definition) is 5. The van der Waals surface area contributed by atoms with E-state index in [2.05, 4.69) is 12.2 Å². The van der Waals surface area contributed by atoms with Crippen LogP contribution in [0.15, 0.2) is 66.7 Å². The van der Waals surface area contributed by atoms with Gasteiger partial charge in [-0.2, -0.15) is 0 Å². The molecule has 1 saturated heterocycles. The number of imide groups is 1. The molecule has 33 heavy (non-hydrogen) atoms. The Morgan fingerprint density at radius 1 is 0.879 bits per heavy atom. The summed E-state index contributed by atoms with van der Waals surface area (Å²) >= 11 is 0. The van der Waals surface area contributed by atoms with Crippen LogP contribution in [0.4, 0.5) is 5.69 Å². The first-order valence-electron chi connectivity index (χ1n) is 11.4. The minimum Gasteiger partial charge on any atom is -0.451 e. The summed E-state index contributed by atoms with van der Waals surface area (Å²) in [6, 6.07) is 15.1. The molecule has 4 aliphatic carbocycles. The molecule has 7 atom stereocenters. The van der Waals surface area contributed by atoms with Crippen molar-refractivity contribution in [1.82, 2.24) is 0 Å². The van der Waals surface area contributed by atoms with E-state index in [1.165, 1.54) is 17.9 Å². The molecule has 2 aromatic rings. The number of amides is 2. The highest BCUT2D eigenvalue weighted by molar-refractivity contribution is 6.24. The molecule has 1 aliphatic heterocycles. The van der Waals surface area contributed by atoms with Gasteiger partial charge in [-0.1, -0.05) is 54.6 Å². The molecule has 2 bridgehead atoms. The summed E-state index contributed by atoms with van der Waals surface area (Å²) in [6.07, 6.45) is 4.32. The molecule has 0 unspecified atom stereocenters. The molecule has 2 aromatic carbocycles. The predicted molar refractivity (Wildman–Crippen MR) is 119 cm³/mol. The number of para-hydroxylation sites is 1. The van der Waals surface area contributed by atoms with Crippen molar-refractivity contribution in [2.24, 2.45) is 35.5 Å². The molecule has 3 fully saturated rings. The Labute approximate surface area is 191 Å². The summed E-state index contributed by atoms with van der Waals surface area (Å²) in [7, 11) is 0. The topological polar surface area (TPSA) is 80.8 Å². The van der Waals surface area contributed by atoms with Crippen molar-refractivity contribution in [3.8, 4) is 0 Å². The van der Waals surface area contributed by atoms with Gasteiger partial charge in [0.05, 0.1) is 23.1 Å². The highest BCUT2D eigenvalue weighted by Gasteiger charge is 2.67. The fourth-order valence-corrected chi connectivity index (χ4v) is 6.15.